The summed E-state index contributed by atoms with van der Waals surface area (Å²) in [5.74, 6) is 0.619. The smallest absolute Gasteiger partial charge is 0.251 e. The summed E-state index contributed by atoms with van der Waals surface area (Å²) in [6.45, 7) is 8.28. The molecule has 5 rings (SSSR count). The maximum Gasteiger partial charge on any atom is 0.251 e. The van der Waals surface area contributed by atoms with E-state index >= 15 is 0 Å². The van der Waals surface area contributed by atoms with Gasteiger partial charge < -0.3 is 10.6 Å². The summed E-state index contributed by atoms with van der Waals surface area (Å²) in [6.07, 6.45) is 5.45. The van der Waals surface area contributed by atoms with Crippen LogP contribution in [-0.4, -0.2) is 31.7 Å². The first kappa shape index (κ1) is 20.2. The Morgan fingerprint density at radius 1 is 1.00 bits per heavy atom. The molecule has 2 aromatic heterocycles. The van der Waals surface area contributed by atoms with E-state index < -0.39 is 0 Å². The molecule has 7 nitrogen and oxygen atoms in total. The predicted octanol–water partition coefficient (Wildman–Crippen LogP) is 4.68. The van der Waals surface area contributed by atoms with Crippen LogP contribution in [-0.2, 0) is 0 Å². The van der Waals surface area contributed by atoms with Gasteiger partial charge in [-0.2, -0.15) is 5.10 Å². The van der Waals surface area contributed by atoms with E-state index in [0.29, 0.717) is 17.4 Å². The lowest BCUT2D eigenvalue weighted by molar-refractivity contribution is 0.0951. The van der Waals surface area contributed by atoms with Gasteiger partial charge in [-0.3, -0.25) is 4.79 Å². The zero-order valence-corrected chi connectivity index (χ0v) is 18.7. The Hall–Kier alpha value is -3.74. The number of hydrogen-bond acceptors (Lipinski definition) is 5. The van der Waals surface area contributed by atoms with Crippen LogP contribution in [0.25, 0.3) is 16.7 Å². The van der Waals surface area contributed by atoms with Gasteiger partial charge in [0.25, 0.3) is 5.91 Å². The highest BCUT2D eigenvalue weighted by atomic mass is 16.1. The second kappa shape index (κ2) is 7.75. The number of fused-ring (bicyclic) bond motifs is 1. The Bertz CT molecular complexity index is 1330. The Kier molecular flexibility index (Phi) is 4.89. The Morgan fingerprint density at radius 2 is 1.75 bits per heavy atom. The standard InChI is InChI=1S/C25H26N6O/c1-14-9-16(3)22(17(4)10-14)31-24-20(12-28-31)23(26-13-27-24)30-21-11-18(6-5-15(21)2)25(32)29-19-7-8-19/h5-6,9-13,19H,7-8H2,1-4H3,(H,29,32)(H,26,27,30). The third kappa shape index (κ3) is 3.70. The molecule has 1 amide bonds. The zero-order chi connectivity index (χ0) is 22.4. The van der Waals surface area contributed by atoms with E-state index in [9.17, 15) is 4.79 Å². The average molecular weight is 427 g/mol. The summed E-state index contributed by atoms with van der Waals surface area (Å²) < 4.78 is 1.87. The highest BCUT2D eigenvalue weighted by Crippen LogP contribution is 2.29. The van der Waals surface area contributed by atoms with Crippen LogP contribution in [0.1, 0.15) is 45.5 Å². The van der Waals surface area contributed by atoms with Gasteiger partial charge >= 0.3 is 0 Å². The second-order valence-corrected chi connectivity index (χ2v) is 8.67. The first-order valence-electron chi connectivity index (χ1n) is 10.9. The number of carbonyl (C=O) groups excluding carboxylic acids is 1. The average Bonchev–Trinajstić information content (AvgIpc) is 3.46. The van der Waals surface area contributed by atoms with E-state index in [-0.39, 0.29) is 5.91 Å². The van der Waals surface area contributed by atoms with Gasteiger partial charge in [0, 0.05) is 17.3 Å². The molecule has 2 aromatic carbocycles. The molecule has 32 heavy (non-hydrogen) atoms. The number of amides is 1. The molecule has 0 unspecified atom stereocenters. The molecule has 1 fully saturated rings. The molecule has 0 atom stereocenters. The van der Waals surface area contributed by atoms with Crippen LogP contribution in [0.4, 0.5) is 11.5 Å². The predicted molar refractivity (Wildman–Crippen MR) is 126 cm³/mol. The molecule has 0 bridgehead atoms. The maximum absolute atomic E-state index is 12.5. The van der Waals surface area contributed by atoms with E-state index in [4.69, 9.17) is 0 Å². The van der Waals surface area contributed by atoms with Gasteiger partial charge in [0.2, 0.25) is 0 Å². The molecule has 2 heterocycles. The molecular weight excluding hydrogens is 400 g/mol. The molecule has 1 saturated carbocycles. The van der Waals surface area contributed by atoms with Crippen molar-refractivity contribution in [2.45, 2.75) is 46.6 Å². The number of benzene rings is 2. The van der Waals surface area contributed by atoms with Crippen LogP contribution >= 0.6 is 0 Å². The number of hydrogen-bond donors (Lipinski definition) is 2. The summed E-state index contributed by atoms with van der Waals surface area (Å²) in [5.41, 5.74) is 7.77. The number of carbonyl (C=O) groups is 1. The third-order valence-corrected chi connectivity index (χ3v) is 5.88. The van der Waals surface area contributed by atoms with Crippen molar-refractivity contribution in [1.82, 2.24) is 25.1 Å². The van der Waals surface area contributed by atoms with Gasteiger partial charge in [0.1, 0.15) is 12.1 Å². The maximum atomic E-state index is 12.5. The van der Waals surface area contributed by atoms with Crippen molar-refractivity contribution in [3.63, 3.8) is 0 Å². The normalized spacial score (nSPS) is 13.4. The van der Waals surface area contributed by atoms with E-state index in [1.54, 1.807) is 12.5 Å². The molecule has 4 aromatic rings. The summed E-state index contributed by atoms with van der Waals surface area (Å²) in [6, 6.07) is 10.3. The number of nitrogens with zero attached hydrogens (tertiary/aromatic N) is 4. The first-order chi connectivity index (χ1) is 15.4. The highest BCUT2D eigenvalue weighted by Gasteiger charge is 2.24. The molecule has 0 saturated heterocycles. The van der Waals surface area contributed by atoms with Crippen LogP contribution in [0.15, 0.2) is 42.9 Å². The molecule has 0 aliphatic heterocycles. The van der Waals surface area contributed by atoms with E-state index in [2.05, 4.69) is 58.6 Å². The lowest BCUT2D eigenvalue weighted by Gasteiger charge is -2.13. The van der Waals surface area contributed by atoms with Gasteiger partial charge in [0.05, 0.1) is 17.3 Å². The van der Waals surface area contributed by atoms with Gasteiger partial charge in [-0.25, -0.2) is 14.6 Å². The highest BCUT2D eigenvalue weighted by molar-refractivity contribution is 5.96. The van der Waals surface area contributed by atoms with Crippen molar-refractivity contribution >= 4 is 28.4 Å². The number of nitrogens with one attached hydrogen (secondary N) is 2. The second-order valence-electron chi connectivity index (χ2n) is 8.67. The van der Waals surface area contributed by atoms with Crippen LogP contribution in [0, 0.1) is 27.7 Å². The quantitative estimate of drug-likeness (QED) is 0.484. The monoisotopic (exact) mass is 426 g/mol. The third-order valence-electron chi connectivity index (χ3n) is 5.88. The van der Waals surface area contributed by atoms with Gasteiger partial charge in [-0.1, -0.05) is 23.8 Å². The molecular formula is C25H26N6O. The molecule has 0 radical (unpaired) electrons. The molecule has 7 heteroatoms. The van der Waals surface area contributed by atoms with Gasteiger partial charge in [-0.05, 0) is 69.4 Å². The van der Waals surface area contributed by atoms with Crippen molar-refractivity contribution < 1.29 is 4.79 Å². The Morgan fingerprint density at radius 3 is 2.47 bits per heavy atom. The molecule has 1 aliphatic carbocycles. The van der Waals surface area contributed by atoms with Crippen LogP contribution in [0.5, 0.6) is 0 Å². The van der Waals surface area contributed by atoms with Gasteiger partial charge in [0.15, 0.2) is 5.65 Å². The van der Waals surface area contributed by atoms with Crippen molar-refractivity contribution in [3.05, 3.63) is 70.7 Å². The zero-order valence-electron chi connectivity index (χ0n) is 18.7. The number of aromatic nitrogens is 4. The van der Waals surface area contributed by atoms with Crippen molar-refractivity contribution in [1.29, 1.82) is 0 Å². The Labute approximate surface area is 186 Å². The molecule has 2 N–H and O–H groups in total. The van der Waals surface area contributed by atoms with Crippen LogP contribution in [0.2, 0.25) is 0 Å². The fourth-order valence-corrected chi connectivity index (χ4v) is 4.14. The lowest BCUT2D eigenvalue weighted by Crippen LogP contribution is -2.25. The Balaban J connectivity index is 1.52. The molecule has 0 spiro atoms. The fourth-order valence-electron chi connectivity index (χ4n) is 4.14. The molecule has 1 aliphatic rings. The minimum absolute atomic E-state index is 0.0403. The minimum Gasteiger partial charge on any atom is -0.349 e. The SMILES string of the molecule is Cc1cc(C)c(-n2ncc3c(Nc4cc(C(=O)NC5CC5)ccc4C)ncnc32)c(C)c1. The van der Waals surface area contributed by atoms with E-state index in [0.717, 1.165) is 51.9 Å². The molecule has 162 valence electrons. The topological polar surface area (TPSA) is 84.7 Å². The number of aryl methyl sites for hydroxylation is 4. The first-order valence-corrected chi connectivity index (χ1v) is 10.9. The van der Waals surface area contributed by atoms with E-state index in [1.807, 2.05) is 29.8 Å². The van der Waals surface area contributed by atoms with Gasteiger partial charge in [-0.15, -0.1) is 0 Å². The summed E-state index contributed by atoms with van der Waals surface area (Å²) in [5, 5.41) is 11.9. The van der Waals surface area contributed by atoms with Crippen molar-refractivity contribution in [2.75, 3.05) is 5.32 Å². The lowest BCUT2D eigenvalue weighted by atomic mass is 10.1. The van der Waals surface area contributed by atoms with Crippen molar-refractivity contribution in [3.8, 4) is 5.69 Å². The number of anilines is 2. The largest absolute Gasteiger partial charge is 0.349 e. The summed E-state index contributed by atoms with van der Waals surface area (Å²) in [4.78, 5) is 21.5. The number of rotatable bonds is 5. The van der Waals surface area contributed by atoms with Crippen molar-refractivity contribution in [2.24, 2.45) is 0 Å². The summed E-state index contributed by atoms with van der Waals surface area (Å²) >= 11 is 0. The van der Waals surface area contributed by atoms with E-state index in [1.165, 1.54) is 5.56 Å². The van der Waals surface area contributed by atoms with Crippen LogP contribution in [0.3, 0.4) is 0 Å². The minimum atomic E-state index is -0.0403. The van der Waals surface area contributed by atoms with Crippen LogP contribution < -0.4 is 10.6 Å². The fraction of sp³-hybridized carbons (Fsp3) is 0.280. The summed E-state index contributed by atoms with van der Waals surface area (Å²) in [7, 11) is 0.